The quantitative estimate of drug-likeness (QED) is 0.612. The van der Waals surface area contributed by atoms with Gasteiger partial charge in [-0.1, -0.05) is 58.1 Å². The number of hydrogen-bond acceptors (Lipinski definition) is 3. The molecule has 0 saturated carbocycles. The summed E-state index contributed by atoms with van der Waals surface area (Å²) >= 11 is 0. The maximum absolute atomic E-state index is 12.1. The van der Waals surface area contributed by atoms with Crippen LogP contribution in [-0.2, 0) is 10.0 Å². The van der Waals surface area contributed by atoms with Gasteiger partial charge in [0.1, 0.15) is 4.90 Å². The highest BCUT2D eigenvalue weighted by molar-refractivity contribution is 7.89. The lowest BCUT2D eigenvalue weighted by molar-refractivity contribution is 0.584. The smallest absolute Gasteiger partial charge is 0.242 e. The van der Waals surface area contributed by atoms with Crippen LogP contribution < -0.4 is 10.0 Å². The molecule has 120 valence electrons. The normalized spacial score (nSPS) is 11.5. The van der Waals surface area contributed by atoms with E-state index < -0.39 is 10.0 Å². The van der Waals surface area contributed by atoms with Crippen LogP contribution in [0.4, 0.5) is 5.69 Å². The van der Waals surface area contributed by atoms with Crippen LogP contribution in [0.25, 0.3) is 0 Å². The summed E-state index contributed by atoms with van der Waals surface area (Å²) in [5.41, 5.74) is 0.687. The monoisotopic (exact) mass is 312 g/mol. The van der Waals surface area contributed by atoms with Crippen LogP contribution in [-0.4, -0.2) is 21.5 Å². The van der Waals surface area contributed by atoms with E-state index >= 15 is 0 Å². The summed E-state index contributed by atoms with van der Waals surface area (Å²) in [4.78, 5) is 0.331. The van der Waals surface area contributed by atoms with Gasteiger partial charge in [0.25, 0.3) is 0 Å². The molecule has 0 atom stereocenters. The van der Waals surface area contributed by atoms with Gasteiger partial charge in [-0.3, -0.25) is 0 Å². The minimum atomic E-state index is -3.41. The highest BCUT2D eigenvalue weighted by atomic mass is 32.2. The molecule has 0 saturated heterocycles. The first kappa shape index (κ1) is 18.0. The number of sulfonamides is 1. The molecule has 0 aliphatic rings. The summed E-state index contributed by atoms with van der Waals surface area (Å²) in [6.45, 7) is 5.20. The third kappa shape index (κ3) is 6.48. The number of unbranched alkanes of at least 4 members (excludes halogenated alkanes) is 5. The minimum Gasteiger partial charge on any atom is -0.384 e. The summed E-state index contributed by atoms with van der Waals surface area (Å²) in [5, 5.41) is 3.25. The van der Waals surface area contributed by atoms with E-state index in [1.807, 2.05) is 12.1 Å². The number of anilines is 1. The third-order valence-corrected chi connectivity index (χ3v) is 4.96. The summed E-state index contributed by atoms with van der Waals surface area (Å²) < 4.78 is 26.8. The first-order valence-electron chi connectivity index (χ1n) is 7.94. The molecule has 0 unspecified atom stereocenters. The zero-order valence-corrected chi connectivity index (χ0v) is 14.0. The van der Waals surface area contributed by atoms with Gasteiger partial charge in [-0.25, -0.2) is 13.1 Å². The molecule has 0 heterocycles. The molecule has 4 nitrogen and oxygen atoms in total. The van der Waals surface area contributed by atoms with Gasteiger partial charge in [0.05, 0.1) is 5.69 Å². The molecular weight excluding hydrogens is 284 g/mol. The summed E-state index contributed by atoms with van der Waals surface area (Å²) in [5.74, 6) is 0. The SMILES string of the molecule is CCCCCCCCNc1ccccc1S(=O)(=O)NCC. The molecule has 1 aromatic carbocycles. The summed E-state index contributed by atoms with van der Waals surface area (Å²) in [6, 6.07) is 7.07. The van der Waals surface area contributed by atoms with Crippen molar-refractivity contribution in [3.05, 3.63) is 24.3 Å². The van der Waals surface area contributed by atoms with E-state index in [4.69, 9.17) is 0 Å². The maximum atomic E-state index is 12.1. The molecule has 21 heavy (non-hydrogen) atoms. The van der Waals surface area contributed by atoms with Crippen molar-refractivity contribution >= 4 is 15.7 Å². The van der Waals surface area contributed by atoms with Gasteiger partial charge in [-0.05, 0) is 18.6 Å². The van der Waals surface area contributed by atoms with Gasteiger partial charge in [-0.15, -0.1) is 0 Å². The lowest BCUT2D eigenvalue weighted by Crippen LogP contribution is -2.24. The van der Waals surface area contributed by atoms with Crippen LogP contribution >= 0.6 is 0 Å². The van der Waals surface area contributed by atoms with E-state index in [-0.39, 0.29) is 0 Å². The second-order valence-corrected chi connectivity index (χ2v) is 6.93. The molecule has 0 spiro atoms. The summed E-state index contributed by atoms with van der Waals surface area (Å²) in [7, 11) is -3.41. The van der Waals surface area contributed by atoms with Gasteiger partial charge in [0, 0.05) is 13.1 Å². The molecule has 0 aromatic heterocycles. The van der Waals surface area contributed by atoms with E-state index in [1.54, 1.807) is 19.1 Å². The predicted molar refractivity (Wildman–Crippen MR) is 89.2 cm³/mol. The molecule has 0 aliphatic heterocycles. The standard InChI is InChI=1S/C16H28N2O2S/c1-3-5-6-7-8-11-14-17-15-12-9-10-13-16(15)21(19,20)18-4-2/h9-10,12-13,17-18H,3-8,11,14H2,1-2H3. The zero-order valence-electron chi connectivity index (χ0n) is 13.2. The number of hydrogen-bond donors (Lipinski definition) is 2. The van der Waals surface area contributed by atoms with Crippen LogP contribution in [0.5, 0.6) is 0 Å². The van der Waals surface area contributed by atoms with Crippen LogP contribution in [0, 0.1) is 0 Å². The van der Waals surface area contributed by atoms with Crippen molar-refractivity contribution in [1.29, 1.82) is 0 Å². The fraction of sp³-hybridized carbons (Fsp3) is 0.625. The van der Waals surface area contributed by atoms with Crippen molar-refractivity contribution in [2.24, 2.45) is 0 Å². The second kappa shape index (κ2) is 9.79. The fourth-order valence-corrected chi connectivity index (χ4v) is 3.47. The van der Waals surface area contributed by atoms with Crippen molar-refractivity contribution in [3.63, 3.8) is 0 Å². The van der Waals surface area contributed by atoms with E-state index in [1.165, 1.54) is 32.1 Å². The van der Waals surface area contributed by atoms with E-state index in [9.17, 15) is 8.42 Å². The fourth-order valence-electron chi connectivity index (χ4n) is 2.24. The van der Waals surface area contributed by atoms with Crippen LogP contribution in [0.3, 0.4) is 0 Å². The highest BCUT2D eigenvalue weighted by Gasteiger charge is 2.16. The Labute approximate surface area is 129 Å². The lowest BCUT2D eigenvalue weighted by Gasteiger charge is -2.12. The Morgan fingerprint density at radius 1 is 0.952 bits per heavy atom. The third-order valence-electron chi connectivity index (χ3n) is 3.36. The average Bonchev–Trinajstić information content (AvgIpc) is 2.46. The Morgan fingerprint density at radius 3 is 2.33 bits per heavy atom. The lowest BCUT2D eigenvalue weighted by atomic mass is 10.1. The molecular formula is C16H28N2O2S. The number of rotatable bonds is 11. The Bertz CT molecular complexity index is 501. The van der Waals surface area contributed by atoms with Crippen LogP contribution in [0.15, 0.2) is 29.2 Å². The minimum absolute atomic E-state index is 0.331. The van der Waals surface area contributed by atoms with Crippen LogP contribution in [0.1, 0.15) is 52.4 Å². The topological polar surface area (TPSA) is 58.2 Å². The molecule has 1 rings (SSSR count). The second-order valence-electron chi connectivity index (χ2n) is 5.19. The first-order valence-corrected chi connectivity index (χ1v) is 9.42. The largest absolute Gasteiger partial charge is 0.384 e. The number of benzene rings is 1. The van der Waals surface area contributed by atoms with Crippen molar-refractivity contribution < 1.29 is 8.42 Å². The molecule has 1 aromatic rings. The average molecular weight is 312 g/mol. The molecule has 0 fully saturated rings. The van der Waals surface area contributed by atoms with Gasteiger partial charge in [-0.2, -0.15) is 0 Å². The molecule has 0 radical (unpaired) electrons. The molecule has 0 bridgehead atoms. The Balaban J connectivity index is 2.49. The van der Waals surface area contributed by atoms with Gasteiger partial charge in [0.2, 0.25) is 10.0 Å². The molecule has 0 aliphatic carbocycles. The summed E-state index contributed by atoms with van der Waals surface area (Å²) in [6.07, 6.45) is 7.37. The number of para-hydroxylation sites is 1. The molecule has 0 amide bonds. The number of nitrogens with one attached hydrogen (secondary N) is 2. The van der Waals surface area contributed by atoms with Crippen molar-refractivity contribution in [2.75, 3.05) is 18.4 Å². The van der Waals surface area contributed by atoms with E-state index in [2.05, 4.69) is 17.0 Å². The van der Waals surface area contributed by atoms with Gasteiger partial charge in [0.15, 0.2) is 0 Å². The highest BCUT2D eigenvalue weighted by Crippen LogP contribution is 2.20. The first-order chi connectivity index (χ1) is 10.1. The predicted octanol–water partition coefficient (Wildman–Crippen LogP) is 3.76. The van der Waals surface area contributed by atoms with Gasteiger partial charge >= 0.3 is 0 Å². The van der Waals surface area contributed by atoms with Crippen molar-refractivity contribution in [1.82, 2.24) is 4.72 Å². The zero-order chi connectivity index (χ0) is 15.6. The Morgan fingerprint density at radius 2 is 1.62 bits per heavy atom. The molecule has 2 N–H and O–H groups in total. The maximum Gasteiger partial charge on any atom is 0.242 e. The van der Waals surface area contributed by atoms with Crippen LogP contribution in [0.2, 0.25) is 0 Å². The van der Waals surface area contributed by atoms with E-state index in [0.717, 1.165) is 13.0 Å². The van der Waals surface area contributed by atoms with E-state index in [0.29, 0.717) is 17.1 Å². The Hall–Kier alpha value is -1.07. The van der Waals surface area contributed by atoms with Crippen molar-refractivity contribution in [3.8, 4) is 0 Å². The van der Waals surface area contributed by atoms with Gasteiger partial charge < -0.3 is 5.32 Å². The van der Waals surface area contributed by atoms with Crippen molar-refractivity contribution in [2.45, 2.75) is 57.3 Å². The molecule has 5 heteroatoms. The Kier molecular flexibility index (Phi) is 8.38.